The van der Waals surface area contributed by atoms with Gasteiger partial charge in [0.15, 0.2) is 0 Å². The van der Waals surface area contributed by atoms with Crippen molar-refractivity contribution in [2.45, 2.75) is 19.4 Å². The zero-order chi connectivity index (χ0) is 14.4. The first-order valence-electron chi connectivity index (χ1n) is 6.29. The third-order valence-electron chi connectivity index (χ3n) is 2.88. The number of hydrogen-bond donors (Lipinski definition) is 0. The maximum Gasteiger partial charge on any atom is 0.306 e. The Balaban J connectivity index is 1.84. The average molecular weight is 293 g/mol. The third kappa shape index (κ3) is 4.07. The van der Waals surface area contributed by atoms with Crippen LogP contribution in [0.5, 0.6) is 0 Å². The number of hydrogen-bond acceptors (Lipinski definition) is 2. The van der Waals surface area contributed by atoms with Crippen LogP contribution in [-0.4, -0.2) is 5.97 Å². The highest BCUT2D eigenvalue weighted by atomic mass is 35.5. The standard InChI is InChI=1S/C16H14ClFO2/c17-14-7-4-8-15(18)13(14)9-10-16(19)20-11-12-5-2-1-3-6-12/h1-8H,9-11H2. The van der Waals surface area contributed by atoms with Crippen molar-refractivity contribution in [3.63, 3.8) is 0 Å². The molecule has 0 heterocycles. The van der Waals surface area contributed by atoms with Gasteiger partial charge in [0.2, 0.25) is 0 Å². The number of rotatable bonds is 5. The summed E-state index contributed by atoms with van der Waals surface area (Å²) in [7, 11) is 0. The van der Waals surface area contributed by atoms with Gasteiger partial charge in [-0.25, -0.2) is 4.39 Å². The Labute approximate surface area is 122 Å². The fourth-order valence-electron chi connectivity index (χ4n) is 1.81. The highest BCUT2D eigenvalue weighted by molar-refractivity contribution is 6.31. The minimum absolute atomic E-state index is 0.105. The molecule has 0 aliphatic heterocycles. The normalized spacial score (nSPS) is 10.3. The van der Waals surface area contributed by atoms with E-state index in [2.05, 4.69) is 0 Å². The summed E-state index contributed by atoms with van der Waals surface area (Å²) >= 11 is 5.89. The molecule has 0 radical (unpaired) electrons. The molecule has 2 rings (SSSR count). The summed E-state index contributed by atoms with van der Waals surface area (Å²) in [5.74, 6) is -0.762. The van der Waals surface area contributed by atoms with Crippen LogP contribution < -0.4 is 0 Å². The molecule has 0 atom stereocenters. The van der Waals surface area contributed by atoms with Crippen molar-refractivity contribution in [1.82, 2.24) is 0 Å². The zero-order valence-corrected chi connectivity index (χ0v) is 11.6. The first-order chi connectivity index (χ1) is 9.66. The van der Waals surface area contributed by atoms with Gasteiger partial charge in [-0.1, -0.05) is 48.0 Å². The first kappa shape index (κ1) is 14.5. The number of ether oxygens (including phenoxy) is 1. The number of carbonyl (C=O) groups is 1. The number of carbonyl (C=O) groups excluding carboxylic acids is 1. The third-order valence-corrected chi connectivity index (χ3v) is 3.24. The summed E-state index contributed by atoms with van der Waals surface area (Å²) in [6, 6.07) is 13.9. The number of benzene rings is 2. The Morgan fingerprint density at radius 2 is 1.85 bits per heavy atom. The van der Waals surface area contributed by atoms with Crippen LogP contribution in [0.15, 0.2) is 48.5 Å². The second kappa shape index (κ2) is 7.06. The highest BCUT2D eigenvalue weighted by Crippen LogP contribution is 2.20. The smallest absolute Gasteiger partial charge is 0.306 e. The van der Waals surface area contributed by atoms with Crippen LogP contribution in [0.4, 0.5) is 4.39 Å². The molecule has 0 aromatic heterocycles. The van der Waals surface area contributed by atoms with Crippen molar-refractivity contribution in [2.75, 3.05) is 0 Å². The van der Waals surface area contributed by atoms with Gasteiger partial charge in [-0.15, -0.1) is 0 Å². The van der Waals surface area contributed by atoms with Crippen LogP contribution in [0.3, 0.4) is 0 Å². The van der Waals surface area contributed by atoms with E-state index in [0.717, 1.165) is 5.56 Å². The Morgan fingerprint density at radius 3 is 2.55 bits per heavy atom. The van der Waals surface area contributed by atoms with Gasteiger partial charge in [-0.2, -0.15) is 0 Å². The molecule has 0 spiro atoms. The SMILES string of the molecule is O=C(CCc1c(F)cccc1Cl)OCc1ccccc1. The van der Waals surface area contributed by atoms with E-state index in [-0.39, 0.29) is 25.4 Å². The van der Waals surface area contributed by atoms with E-state index in [1.807, 2.05) is 30.3 Å². The monoisotopic (exact) mass is 292 g/mol. The summed E-state index contributed by atoms with van der Waals surface area (Å²) in [6.07, 6.45) is 0.340. The second-order valence-corrected chi connectivity index (χ2v) is 4.75. The Bertz CT molecular complexity index is 564. The van der Waals surface area contributed by atoms with Crippen molar-refractivity contribution in [1.29, 1.82) is 0 Å². The van der Waals surface area contributed by atoms with Gasteiger partial charge >= 0.3 is 5.97 Å². The largest absolute Gasteiger partial charge is 0.461 e. The van der Waals surface area contributed by atoms with Crippen molar-refractivity contribution < 1.29 is 13.9 Å². The lowest BCUT2D eigenvalue weighted by Gasteiger charge is -2.07. The molecule has 2 nitrogen and oxygen atoms in total. The molecular formula is C16H14ClFO2. The van der Waals surface area contributed by atoms with E-state index in [1.54, 1.807) is 6.07 Å². The van der Waals surface area contributed by atoms with Crippen LogP contribution in [-0.2, 0) is 22.6 Å². The lowest BCUT2D eigenvalue weighted by molar-refractivity contribution is -0.144. The molecule has 0 aliphatic carbocycles. The second-order valence-electron chi connectivity index (χ2n) is 4.35. The van der Waals surface area contributed by atoms with E-state index in [4.69, 9.17) is 16.3 Å². The molecule has 0 fully saturated rings. The Hall–Kier alpha value is -1.87. The minimum atomic E-state index is -0.395. The molecule has 4 heteroatoms. The maximum atomic E-state index is 13.5. The maximum absolute atomic E-state index is 13.5. The average Bonchev–Trinajstić information content (AvgIpc) is 2.46. The zero-order valence-electron chi connectivity index (χ0n) is 10.8. The van der Waals surface area contributed by atoms with E-state index in [9.17, 15) is 9.18 Å². The summed E-state index contributed by atoms with van der Waals surface area (Å²) in [5.41, 5.74) is 1.27. The van der Waals surface area contributed by atoms with Gasteiger partial charge in [0.05, 0.1) is 0 Å². The molecule has 20 heavy (non-hydrogen) atoms. The highest BCUT2D eigenvalue weighted by Gasteiger charge is 2.10. The van der Waals surface area contributed by atoms with E-state index in [0.29, 0.717) is 10.6 Å². The quantitative estimate of drug-likeness (QED) is 0.774. The molecule has 104 valence electrons. The predicted molar refractivity (Wildman–Crippen MR) is 76.0 cm³/mol. The molecule has 0 amide bonds. The molecule has 0 saturated heterocycles. The lowest BCUT2D eigenvalue weighted by atomic mass is 10.1. The number of esters is 1. The minimum Gasteiger partial charge on any atom is -0.461 e. The van der Waals surface area contributed by atoms with Gasteiger partial charge in [-0.05, 0) is 24.1 Å². The summed E-state index contributed by atoms with van der Waals surface area (Å²) in [5, 5.41) is 0.334. The molecule has 0 bridgehead atoms. The van der Waals surface area contributed by atoms with Crippen LogP contribution in [0.1, 0.15) is 17.5 Å². The van der Waals surface area contributed by atoms with E-state index < -0.39 is 5.82 Å². The molecule has 2 aromatic rings. The number of halogens is 2. The van der Waals surface area contributed by atoms with Gasteiger partial charge in [0.25, 0.3) is 0 Å². The van der Waals surface area contributed by atoms with Crippen LogP contribution in [0.2, 0.25) is 5.02 Å². The van der Waals surface area contributed by atoms with E-state index in [1.165, 1.54) is 12.1 Å². The van der Waals surface area contributed by atoms with Crippen molar-refractivity contribution in [3.05, 3.63) is 70.5 Å². The summed E-state index contributed by atoms with van der Waals surface area (Å²) < 4.78 is 18.6. The lowest BCUT2D eigenvalue weighted by Crippen LogP contribution is -2.06. The fourth-order valence-corrected chi connectivity index (χ4v) is 2.07. The Morgan fingerprint density at radius 1 is 1.10 bits per heavy atom. The van der Waals surface area contributed by atoms with E-state index >= 15 is 0 Å². The molecule has 0 aliphatic rings. The molecule has 2 aromatic carbocycles. The molecule has 0 N–H and O–H groups in total. The Kier molecular flexibility index (Phi) is 5.13. The van der Waals surface area contributed by atoms with Gasteiger partial charge in [-0.3, -0.25) is 4.79 Å². The molecule has 0 saturated carbocycles. The predicted octanol–water partition coefficient (Wildman–Crippen LogP) is 4.16. The molecule has 0 unspecified atom stereocenters. The van der Waals surface area contributed by atoms with Crippen LogP contribution >= 0.6 is 11.6 Å². The fraction of sp³-hybridized carbons (Fsp3) is 0.188. The topological polar surface area (TPSA) is 26.3 Å². The van der Waals surface area contributed by atoms with Crippen molar-refractivity contribution in [3.8, 4) is 0 Å². The van der Waals surface area contributed by atoms with Crippen LogP contribution in [0.25, 0.3) is 0 Å². The summed E-state index contributed by atoms with van der Waals surface area (Å²) in [4.78, 5) is 11.6. The van der Waals surface area contributed by atoms with Gasteiger partial charge < -0.3 is 4.74 Å². The van der Waals surface area contributed by atoms with Crippen molar-refractivity contribution in [2.24, 2.45) is 0 Å². The van der Waals surface area contributed by atoms with Crippen LogP contribution in [0, 0.1) is 5.82 Å². The summed E-state index contributed by atoms with van der Waals surface area (Å²) in [6.45, 7) is 0.227. The first-order valence-corrected chi connectivity index (χ1v) is 6.67. The van der Waals surface area contributed by atoms with Crippen molar-refractivity contribution >= 4 is 17.6 Å². The van der Waals surface area contributed by atoms with Gasteiger partial charge in [0.1, 0.15) is 12.4 Å². The van der Waals surface area contributed by atoms with Gasteiger partial charge in [0, 0.05) is 17.0 Å². The molecular weight excluding hydrogens is 279 g/mol.